The maximum Gasteiger partial charge on any atom is 0.244 e. The van der Waals surface area contributed by atoms with Crippen molar-refractivity contribution >= 4 is 26.0 Å². The molecule has 0 aliphatic carbocycles. The first-order valence-corrected chi connectivity index (χ1v) is 9.20. The van der Waals surface area contributed by atoms with Gasteiger partial charge in [0.25, 0.3) is 0 Å². The minimum atomic E-state index is -3.70. The number of hydrogen-bond donors (Lipinski definition) is 1. The summed E-state index contributed by atoms with van der Waals surface area (Å²) < 4.78 is 38.6. The molecular formula is C16H18BrNO4S. The molecule has 1 N–H and O–H groups in total. The largest absolute Gasteiger partial charge is 0.496 e. The Bertz CT molecular complexity index is 763. The van der Waals surface area contributed by atoms with Crippen molar-refractivity contribution in [3.8, 4) is 11.5 Å². The fourth-order valence-corrected chi connectivity index (χ4v) is 3.77. The number of benzene rings is 2. The van der Waals surface area contributed by atoms with Crippen LogP contribution in [0, 0.1) is 0 Å². The van der Waals surface area contributed by atoms with E-state index in [1.165, 1.54) is 20.3 Å². The molecule has 5 nitrogen and oxygen atoms in total. The highest BCUT2D eigenvalue weighted by Gasteiger charge is 2.21. The number of sulfonamides is 1. The molecule has 124 valence electrons. The standard InChI is InChI=1S/C16H18BrNO4S/c1-21-14-11-16(15(22-2)10-13(14)17)23(19,20)18-9-8-12-6-4-3-5-7-12/h3-7,10-11,18H,8-9H2,1-2H3. The van der Waals surface area contributed by atoms with E-state index in [4.69, 9.17) is 9.47 Å². The van der Waals surface area contributed by atoms with Crippen molar-refractivity contribution < 1.29 is 17.9 Å². The number of ether oxygens (including phenoxy) is 2. The lowest BCUT2D eigenvalue weighted by Gasteiger charge is -2.13. The Kier molecular flexibility index (Phi) is 6.04. The van der Waals surface area contributed by atoms with Gasteiger partial charge in [-0.05, 0) is 34.0 Å². The summed E-state index contributed by atoms with van der Waals surface area (Å²) in [5.41, 5.74) is 1.07. The van der Waals surface area contributed by atoms with Crippen molar-refractivity contribution in [3.05, 3.63) is 52.5 Å². The average molecular weight is 400 g/mol. The van der Waals surface area contributed by atoms with Crippen molar-refractivity contribution in [2.24, 2.45) is 0 Å². The molecular weight excluding hydrogens is 382 g/mol. The third-order valence-corrected chi connectivity index (χ3v) is 5.38. The van der Waals surface area contributed by atoms with Gasteiger partial charge in [0.1, 0.15) is 16.4 Å². The van der Waals surface area contributed by atoms with E-state index in [0.29, 0.717) is 23.2 Å². The molecule has 0 fully saturated rings. The Labute approximate surface area is 144 Å². The molecule has 2 aromatic rings. The van der Waals surface area contributed by atoms with Gasteiger partial charge in [0.15, 0.2) is 0 Å². The molecule has 0 unspecified atom stereocenters. The first-order valence-electron chi connectivity index (χ1n) is 6.93. The number of halogens is 1. The van der Waals surface area contributed by atoms with Crippen LogP contribution in [-0.4, -0.2) is 29.2 Å². The summed E-state index contributed by atoms with van der Waals surface area (Å²) >= 11 is 3.31. The average Bonchev–Trinajstić information content (AvgIpc) is 2.55. The second kappa shape index (κ2) is 7.81. The lowest BCUT2D eigenvalue weighted by molar-refractivity contribution is 0.390. The zero-order valence-electron chi connectivity index (χ0n) is 12.9. The van der Waals surface area contributed by atoms with Crippen molar-refractivity contribution in [1.29, 1.82) is 0 Å². The van der Waals surface area contributed by atoms with Gasteiger partial charge in [-0.15, -0.1) is 0 Å². The second-order valence-corrected chi connectivity index (χ2v) is 7.36. The molecule has 7 heteroatoms. The van der Waals surface area contributed by atoms with Gasteiger partial charge < -0.3 is 9.47 Å². The summed E-state index contributed by atoms with van der Waals surface area (Å²) in [4.78, 5) is 0.0492. The maximum absolute atomic E-state index is 12.5. The molecule has 0 amide bonds. The minimum absolute atomic E-state index is 0.0492. The minimum Gasteiger partial charge on any atom is -0.496 e. The molecule has 2 aromatic carbocycles. The van der Waals surface area contributed by atoms with Gasteiger partial charge in [-0.25, -0.2) is 13.1 Å². The number of rotatable bonds is 7. The van der Waals surface area contributed by atoms with Gasteiger partial charge >= 0.3 is 0 Å². The predicted octanol–water partition coefficient (Wildman–Crippen LogP) is 2.99. The van der Waals surface area contributed by atoms with Gasteiger partial charge in [0.05, 0.1) is 18.7 Å². The fraction of sp³-hybridized carbons (Fsp3) is 0.250. The molecule has 0 saturated carbocycles. The molecule has 0 heterocycles. The second-order valence-electron chi connectivity index (χ2n) is 4.77. The highest BCUT2D eigenvalue weighted by atomic mass is 79.9. The van der Waals surface area contributed by atoms with Gasteiger partial charge in [0.2, 0.25) is 10.0 Å². The molecule has 23 heavy (non-hydrogen) atoms. The zero-order chi connectivity index (χ0) is 16.9. The van der Waals surface area contributed by atoms with Gasteiger partial charge in [-0.3, -0.25) is 0 Å². The summed E-state index contributed by atoms with van der Waals surface area (Å²) in [7, 11) is -0.793. The van der Waals surface area contributed by atoms with Crippen molar-refractivity contribution in [1.82, 2.24) is 4.72 Å². The van der Waals surface area contributed by atoms with Crippen LogP contribution in [-0.2, 0) is 16.4 Å². The Morgan fingerprint density at radius 2 is 1.70 bits per heavy atom. The molecule has 0 bridgehead atoms. The zero-order valence-corrected chi connectivity index (χ0v) is 15.3. The van der Waals surface area contributed by atoms with E-state index < -0.39 is 10.0 Å². The van der Waals surface area contributed by atoms with Crippen LogP contribution < -0.4 is 14.2 Å². The van der Waals surface area contributed by atoms with Crippen LogP contribution in [0.1, 0.15) is 5.56 Å². The van der Waals surface area contributed by atoms with Gasteiger partial charge in [-0.2, -0.15) is 0 Å². The molecule has 2 rings (SSSR count). The number of methoxy groups -OCH3 is 2. The maximum atomic E-state index is 12.5. The SMILES string of the molecule is COc1cc(S(=O)(=O)NCCc2ccccc2)c(OC)cc1Br. The molecule has 0 aromatic heterocycles. The lowest BCUT2D eigenvalue weighted by Crippen LogP contribution is -2.26. The first-order chi connectivity index (χ1) is 11.0. The van der Waals surface area contributed by atoms with Crippen LogP contribution in [0.5, 0.6) is 11.5 Å². The summed E-state index contributed by atoms with van der Waals surface area (Å²) in [6.45, 7) is 0.299. The van der Waals surface area contributed by atoms with Gasteiger partial charge in [-0.1, -0.05) is 30.3 Å². The molecule has 0 spiro atoms. The number of nitrogens with one attached hydrogen (secondary N) is 1. The van der Waals surface area contributed by atoms with Crippen LogP contribution >= 0.6 is 15.9 Å². The van der Waals surface area contributed by atoms with E-state index in [0.717, 1.165) is 5.56 Å². The summed E-state index contributed by atoms with van der Waals surface area (Å²) in [5.74, 6) is 0.680. The first kappa shape index (κ1) is 17.8. The van der Waals surface area contributed by atoms with E-state index in [9.17, 15) is 8.42 Å². The third kappa shape index (κ3) is 4.46. The van der Waals surface area contributed by atoms with Crippen LogP contribution in [0.4, 0.5) is 0 Å². The summed E-state index contributed by atoms with van der Waals surface area (Å²) in [6.07, 6.45) is 0.607. The Morgan fingerprint density at radius 3 is 2.30 bits per heavy atom. The van der Waals surface area contributed by atoms with Crippen molar-refractivity contribution in [2.75, 3.05) is 20.8 Å². The lowest BCUT2D eigenvalue weighted by atomic mass is 10.2. The Hall–Kier alpha value is -1.57. The van der Waals surface area contributed by atoms with Gasteiger partial charge in [0, 0.05) is 12.6 Å². The highest BCUT2D eigenvalue weighted by Crippen LogP contribution is 2.35. The normalized spacial score (nSPS) is 11.3. The van der Waals surface area contributed by atoms with Crippen LogP contribution in [0.2, 0.25) is 0 Å². The number of hydrogen-bond acceptors (Lipinski definition) is 4. The van der Waals surface area contributed by atoms with Crippen LogP contribution in [0.25, 0.3) is 0 Å². The quantitative estimate of drug-likeness (QED) is 0.776. The molecule has 0 aliphatic rings. The molecule has 0 atom stereocenters. The highest BCUT2D eigenvalue weighted by molar-refractivity contribution is 9.10. The Balaban J connectivity index is 2.18. The smallest absolute Gasteiger partial charge is 0.244 e. The molecule has 0 radical (unpaired) electrons. The molecule has 0 aliphatic heterocycles. The van der Waals surface area contributed by atoms with E-state index in [1.807, 2.05) is 30.3 Å². The van der Waals surface area contributed by atoms with E-state index in [-0.39, 0.29) is 10.6 Å². The summed E-state index contributed by atoms with van der Waals surface area (Å²) in [5, 5.41) is 0. The van der Waals surface area contributed by atoms with E-state index in [2.05, 4.69) is 20.7 Å². The fourth-order valence-electron chi connectivity index (χ4n) is 2.09. The van der Waals surface area contributed by atoms with E-state index >= 15 is 0 Å². The van der Waals surface area contributed by atoms with Crippen molar-refractivity contribution in [3.63, 3.8) is 0 Å². The topological polar surface area (TPSA) is 64.6 Å². The monoisotopic (exact) mass is 399 g/mol. The van der Waals surface area contributed by atoms with Crippen molar-refractivity contribution in [2.45, 2.75) is 11.3 Å². The Morgan fingerprint density at radius 1 is 1.04 bits per heavy atom. The molecule has 0 saturated heterocycles. The summed E-state index contributed by atoms with van der Waals surface area (Å²) in [6, 6.07) is 12.7. The van der Waals surface area contributed by atoms with Crippen LogP contribution in [0.3, 0.4) is 0 Å². The third-order valence-electron chi connectivity index (χ3n) is 3.28. The van der Waals surface area contributed by atoms with E-state index in [1.54, 1.807) is 6.07 Å². The van der Waals surface area contributed by atoms with Crippen LogP contribution in [0.15, 0.2) is 51.8 Å². The predicted molar refractivity (Wildman–Crippen MR) is 92.6 cm³/mol.